The quantitative estimate of drug-likeness (QED) is 0.766. The molecule has 0 heterocycles. The van der Waals surface area contributed by atoms with Crippen LogP contribution in [0.25, 0.3) is 0 Å². The van der Waals surface area contributed by atoms with Gasteiger partial charge in [-0.15, -0.1) is 0 Å². The highest BCUT2D eigenvalue weighted by Gasteiger charge is 2.09. The summed E-state index contributed by atoms with van der Waals surface area (Å²) >= 11 is 0. The van der Waals surface area contributed by atoms with Crippen molar-refractivity contribution in [3.8, 4) is 0 Å². The first kappa shape index (κ1) is 15.8. The standard InChI is InChI=1S/C14H20N2O4/c1-9-5-10(2)12(8-16(4)14(19)20)6-11(9)7-15(3)13(17)18/h5-6H,7-8H2,1-4H3,(H,17,18)(H,19,20)/p-2. The van der Waals surface area contributed by atoms with Gasteiger partial charge in [0.25, 0.3) is 0 Å². The minimum atomic E-state index is -1.25. The maximum Gasteiger partial charge on any atom is 0.136 e. The van der Waals surface area contributed by atoms with E-state index in [0.717, 1.165) is 32.1 Å². The number of nitrogens with zero attached hydrogens (tertiary/aromatic N) is 2. The second-order valence-corrected chi connectivity index (χ2v) is 4.95. The number of hydrogen-bond acceptors (Lipinski definition) is 4. The second kappa shape index (κ2) is 6.27. The van der Waals surface area contributed by atoms with Gasteiger partial charge in [0, 0.05) is 27.2 Å². The van der Waals surface area contributed by atoms with Gasteiger partial charge in [-0.1, -0.05) is 12.1 Å². The molecule has 0 fully saturated rings. The largest absolute Gasteiger partial charge is 0.530 e. The van der Waals surface area contributed by atoms with Crippen LogP contribution in [0.4, 0.5) is 9.59 Å². The predicted molar refractivity (Wildman–Crippen MR) is 69.6 cm³/mol. The predicted octanol–water partition coefficient (Wildman–Crippen LogP) is -0.146. The Morgan fingerprint density at radius 1 is 0.900 bits per heavy atom. The Balaban J connectivity index is 3.03. The fourth-order valence-electron chi connectivity index (χ4n) is 1.93. The summed E-state index contributed by atoms with van der Waals surface area (Å²) in [4.78, 5) is 23.7. The van der Waals surface area contributed by atoms with Gasteiger partial charge in [-0.2, -0.15) is 0 Å². The van der Waals surface area contributed by atoms with Gasteiger partial charge in [0.15, 0.2) is 0 Å². The third-order valence-corrected chi connectivity index (χ3v) is 3.23. The molecule has 0 bridgehead atoms. The van der Waals surface area contributed by atoms with Gasteiger partial charge in [-0.05, 0) is 36.1 Å². The molecule has 0 unspecified atom stereocenters. The van der Waals surface area contributed by atoms with E-state index in [9.17, 15) is 19.8 Å². The molecule has 0 atom stereocenters. The van der Waals surface area contributed by atoms with Gasteiger partial charge >= 0.3 is 0 Å². The summed E-state index contributed by atoms with van der Waals surface area (Å²) in [5, 5.41) is 21.5. The fourth-order valence-corrected chi connectivity index (χ4v) is 1.93. The molecule has 110 valence electrons. The van der Waals surface area contributed by atoms with Gasteiger partial charge < -0.3 is 29.6 Å². The first-order chi connectivity index (χ1) is 9.22. The zero-order valence-corrected chi connectivity index (χ0v) is 12.1. The monoisotopic (exact) mass is 278 g/mol. The summed E-state index contributed by atoms with van der Waals surface area (Å²) in [7, 11) is 2.86. The summed E-state index contributed by atoms with van der Waals surface area (Å²) in [6.45, 7) is 4.18. The van der Waals surface area contributed by atoms with Gasteiger partial charge in [0.2, 0.25) is 0 Å². The van der Waals surface area contributed by atoms with Crippen LogP contribution in [0.15, 0.2) is 12.1 Å². The van der Waals surface area contributed by atoms with Gasteiger partial charge in [-0.25, -0.2) is 0 Å². The molecule has 1 aromatic rings. The lowest BCUT2D eigenvalue weighted by Crippen LogP contribution is -2.38. The van der Waals surface area contributed by atoms with E-state index in [4.69, 9.17) is 0 Å². The molecule has 0 aliphatic heterocycles. The highest BCUT2D eigenvalue weighted by atomic mass is 16.4. The summed E-state index contributed by atoms with van der Waals surface area (Å²) < 4.78 is 0. The van der Waals surface area contributed by atoms with Crippen molar-refractivity contribution in [2.24, 2.45) is 0 Å². The smallest absolute Gasteiger partial charge is 0.136 e. The average Bonchev–Trinajstić information content (AvgIpc) is 2.34. The molecule has 20 heavy (non-hydrogen) atoms. The molecule has 0 saturated carbocycles. The Labute approximate surface area is 118 Å². The van der Waals surface area contributed by atoms with Crippen molar-refractivity contribution in [2.75, 3.05) is 14.1 Å². The van der Waals surface area contributed by atoms with E-state index in [-0.39, 0.29) is 13.1 Å². The highest BCUT2D eigenvalue weighted by Crippen LogP contribution is 2.18. The SMILES string of the molecule is Cc1cc(C)c(CN(C)C(=O)[O-])cc1CN(C)C(=O)[O-]. The van der Waals surface area contributed by atoms with Gasteiger partial charge in [-0.3, -0.25) is 0 Å². The zero-order chi connectivity index (χ0) is 15.4. The molecule has 0 radical (unpaired) electrons. The molecule has 0 N–H and O–H groups in total. The molecule has 0 aromatic heterocycles. The Hall–Kier alpha value is -2.24. The van der Waals surface area contributed by atoms with Crippen LogP contribution in [0.1, 0.15) is 22.3 Å². The van der Waals surface area contributed by atoms with Crippen LogP contribution in [0.5, 0.6) is 0 Å². The first-order valence-corrected chi connectivity index (χ1v) is 6.15. The van der Waals surface area contributed by atoms with E-state index in [0.29, 0.717) is 0 Å². The maximum absolute atomic E-state index is 10.8. The van der Waals surface area contributed by atoms with Crippen LogP contribution in [0.3, 0.4) is 0 Å². The van der Waals surface area contributed by atoms with Crippen LogP contribution in [-0.4, -0.2) is 36.1 Å². The van der Waals surface area contributed by atoms with Crippen molar-refractivity contribution in [1.29, 1.82) is 0 Å². The number of hydrogen-bond donors (Lipinski definition) is 0. The van der Waals surface area contributed by atoms with Crippen LogP contribution in [0.2, 0.25) is 0 Å². The molecule has 0 spiro atoms. The third-order valence-electron chi connectivity index (χ3n) is 3.23. The topological polar surface area (TPSA) is 86.7 Å². The molecule has 6 nitrogen and oxygen atoms in total. The Bertz CT molecular complexity index is 485. The van der Waals surface area contributed by atoms with E-state index >= 15 is 0 Å². The maximum atomic E-state index is 10.8. The van der Waals surface area contributed by atoms with Crippen LogP contribution < -0.4 is 10.2 Å². The lowest BCUT2D eigenvalue weighted by Gasteiger charge is -2.24. The number of aryl methyl sites for hydroxylation is 2. The summed E-state index contributed by atoms with van der Waals surface area (Å²) in [6, 6.07) is 3.74. The first-order valence-electron chi connectivity index (χ1n) is 6.15. The summed E-state index contributed by atoms with van der Waals surface area (Å²) in [5.74, 6) is 0. The molecular weight excluding hydrogens is 260 g/mol. The lowest BCUT2D eigenvalue weighted by molar-refractivity contribution is -0.265. The molecule has 0 aliphatic rings. The van der Waals surface area contributed by atoms with E-state index in [1.165, 1.54) is 14.1 Å². The van der Waals surface area contributed by atoms with Crippen molar-refractivity contribution in [3.63, 3.8) is 0 Å². The third kappa shape index (κ3) is 3.88. The highest BCUT2D eigenvalue weighted by molar-refractivity contribution is 5.63. The zero-order valence-electron chi connectivity index (χ0n) is 12.1. The molecule has 0 aliphatic carbocycles. The Morgan fingerprint density at radius 3 is 1.55 bits per heavy atom. The average molecular weight is 278 g/mol. The minimum Gasteiger partial charge on any atom is -0.530 e. The van der Waals surface area contributed by atoms with Crippen LogP contribution >= 0.6 is 0 Å². The van der Waals surface area contributed by atoms with E-state index in [1.54, 1.807) is 0 Å². The van der Waals surface area contributed by atoms with E-state index in [2.05, 4.69) is 0 Å². The molecule has 0 saturated heterocycles. The molecular formula is C14H18N2O4-2. The fraction of sp³-hybridized carbons (Fsp3) is 0.429. The van der Waals surface area contributed by atoms with Crippen molar-refractivity contribution in [3.05, 3.63) is 34.4 Å². The van der Waals surface area contributed by atoms with Gasteiger partial charge in [0.1, 0.15) is 12.2 Å². The lowest BCUT2D eigenvalue weighted by atomic mass is 9.99. The van der Waals surface area contributed by atoms with Crippen molar-refractivity contribution in [1.82, 2.24) is 9.80 Å². The van der Waals surface area contributed by atoms with E-state index in [1.807, 2.05) is 26.0 Å². The number of amides is 2. The number of rotatable bonds is 4. The van der Waals surface area contributed by atoms with Crippen LogP contribution in [0, 0.1) is 13.8 Å². The number of carboxylic acid groups (broad SMARTS) is 2. The summed E-state index contributed by atoms with van der Waals surface area (Å²) in [6.07, 6.45) is -2.50. The van der Waals surface area contributed by atoms with Crippen molar-refractivity contribution in [2.45, 2.75) is 26.9 Å². The minimum absolute atomic E-state index is 0.205. The van der Waals surface area contributed by atoms with Crippen molar-refractivity contribution >= 4 is 12.2 Å². The molecule has 2 amide bonds. The van der Waals surface area contributed by atoms with Crippen molar-refractivity contribution < 1.29 is 19.8 Å². The Kier molecular flexibility index (Phi) is 4.96. The molecule has 1 aromatic carbocycles. The second-order valence-electron chi connectivity index (χ2n) is 4.95. The molecule has 6 heteroatoms. The number of carbonyl (C=O) groups is 2. The normalized spacial score (nSPS) is 10.2. The molecule has 1 rings (SSSR count). The van der Waals surface area contributed by atoms with E-state index < -0.39 is 12.2 Å². The van der Waals surface area contributed by atoms with Gasteiger partial charge in [0.05, 0.1) is 0 Å². The number of benzene rings is 1. The number of carbonyl (C=O) groups excluding carboxylic acids is 2. The summed E-state index contributed by atoms with van der Waals surface area (Å²) in [5.41, 5.74) is 3.55. The Morgan fingerprint density at radius 2 is 1.25 bits per heavy atom. The van der Waals surface area contributed by atoms with Crippen LogP contribution in [-0.2, 0) is 13.1 Å².